The fourth-order valence-corrected chi connectivity index (χ4v) is 13.6. The molecule has 8 N–H and O–H groups in total. The fourth-order valence-electron chi connectivity index (χ4n) is 13.6. The molecule has 88 heavy (non-hydrogen) atoms. The maximum atomic E-state index is 15.5. The Hall–Kier alpha value is -7.78. The van der Waals surface area contributed by atoms with Crippen LogP contribution in [0, 0.1) is 46.9 Å². The van der Waals surface area contributed by atoms with Crippen molar-refractivity contribution in [1.29, 1.82) is 0 Å². The Kier molecular flexibility index (Phi) is 20.5. The summed E-state index contributed by atoms with van der Waals surface area (Å²) >= 11 is 0. The Labute approximate surface area is 511 Å². The highest BCUT2D eigenvalue weighted by Gasteiger charge is 2.58. The molecule has 0 bridgehead atoms. The summed E-state index contributed by atoms with van der Waals surface area (Å²) in [6.45, 7) is 2.72. The predicted octanol–water partition coefficient (Wildman–Crippen LogP) is 9.32. The third kappa shape index (κ3) is 15.0. The molecule has 4 aliphatic rings. The first kappa shape index (κ1) is 63.2. The molecule has 0 amide bonds. The second-order valence-electron chi connectivity index (χ2n) is 24.0. The van der Waals surface area contributed by atoms with Crippen molar-refractivity contribution in [2.24, 2.45) is 23.7 Å². The molecule has 4 unspecified atom stereocenters. The van der Waals surface area contributed by atoms with Crippen LogP contribution in [0.25, 0.3) is 0 Å². The van der Waals surface area contributed by atoms with Crippen LogP contribution in [0.5, 0.6) is 11.5 Å². The van der Waals surface area contributed by atoms with Gasteiger partial charge in [0.25, 0.3) is 0 Å². The number of rotatable bonds is 22. The van der Waals surface area contributed by atoms with Crippen molar-refractivity contribution in [3.8, 4) is 11.5 Å². The first-order valence-electron chi connectivity index (χ1n) is 30.6. The SMILES string of the molecule is Nc1ccc(OCCC(OC(=O)C(=O)OC(CCOc2ccc(N)cc2)(C(O)C2CCN(c3ccc(F)cc3)CC2)C(O)C2CCN(c3ccc(F)cc3)CC2)(C(O)C2CCN(c3ccc(F)cc3)CC2)C(O)C2CCN(c3ccc(F)cc3)CC2)cc1. The number of carbonyl (C=O) groups is 2. The lowest BCUT2D eigenvalue weighted by Gasteiger charge is -2.50. The zero-order chi connectivity index (χ0) is 62.0. The van der Waals surface area contributed by atoms with Crippen molar-refractivity contribution in [2.45, 2.75) is 99.8 Å². The molecule has 6 aromatic carbocycles. The van der Waals surface area contributed by atoms with Crippen LogP contribution in [0.1, 0.15) is 64.2 Å². The molecular weight excluding hydrogens is 1140 g/mol. The van der Waals surface area contributed by atoms with Crippen molar-refractivity contribution in [3.63, 3.8) is 0 Å². The quantitative estimate of drug-likeness (QED) is 0.0162. The lowest BCUT2D eigenvalue weighted by atomic mass is 9.71. The van der Waals surface area contributed by atoms with Gasteiger partial charge in [-0.2, -0.15) is 0 Å². The van der Waals surface area contributed by atoms with E-state index in [-0.39, 0.29) is 26.1 Å². The maximum Gasteiger partial charge on any atom is 0.418 e. The fraction of sp³-hybridized carbons (Fsp3) is 0.441. The van der Waals surface area contributed by atoms with E-state index < -0.39 is 94.5 Å². The van der Waals surface area contributed by atoms with Gasteiger partial charge in [-0.15, -0.1) is 0 Å². The number of benzene rings is 6. The number of aliphatic hydroxyl groups is 4. The van der Waals surface area contributed by atoms with E-state index >= 15 is 9.59 Å². The van der Waals surface area contributed by atoms with Crippen molar-refractivity contribution in [1.82, 2.24) is 0 Å². The van der Waals surface area contributed by atoms with Crippen molar-refractivity contribution in [2.75, 3.05) is 96.6 Å². The molecule has 20 heteroatoms. The zero-order valence-corrected chi connectivity index (χ0v) is 49.3. The summed E-state index contributed by atoms with van der Waals surface area (Å²) in [6, 6.07) is 37.5. The van der Waals surface area contributed by atoms with Crippen molar-refractivity contribution >= 4 is 46.1 Å². The number of nitrogen functional groups attached to an aromatic ring is 2. The van der Waals surface area contributed by atoms with Gasteiger partial charge in [-0.25, -0.2) is 27.2 Å². The standard InChI is InChI=1S/C68H80F4N6O10/c69-49-1-13-55(14-2-49)75-35-25-45(26-36-75)61(79)67(33-43-85-59-21-9-53(73)10-22-59,62(80)46-27-37-76(38-28-46)56-15-3-50(70)4-16-56)87-65(83)66(84)88-68(34-44-86-60-23-11-54(74)12-24-60,63(81)47-29-39-77(40-30-47)57-17-5-51(71)6-18-57)64(82)48-31-41-78(42-32-48)58-19-7-52(72)8-20-58/h1-24,45-48,61-64,79-82H,25-44,73-74H2. The molecule has 0 aromatic heterocycles. The average molecular weight is 1220 g/mol. The number of halogens is 4. The number of piperidine rings is 4. The second-order valence-corrected chi connectivity index (χ2v) is 24.0. The van der Waals surface area contributed by atoms with Crippen LogP contribution in [0.2, 0.25) is 0 Å². The molecule has 0 spiro atoms. The molecule has 6 aromatic rings. The summed E-state index contributed by atoms with van der Waals surface area (Å²) in [5.74, 6) is -6.54. The van der Waals surface area contributed by atoms with E-state index in [0.29, 0.717) is 127 Å². The Morgan fingerprint density at radius 3 is 0.818 bits per heavy atom. The van der Waals surface area contributed by atoms with Crippen LogP contribution in [0.15, 0.2) is 146 Å². The summed E-state index contributed by atoms with van der Waals surface area (Å²) < 4.78 is 82.0. The first-order chi connectivity index (χ1) is 42.5. The Morgan fingerprint density at radius 2 is 0.602 bits per heavy atom. The summed E-state index contributed by atoms with van der Waals surface area (Å²) in [4.78, 5) is 39.1. The molecule has 4 saturated heterocycles. The Morgan fingerprint density at radius 1 is 0.386 bits per heavy atom. The van der Waals surface area contributed by atoms with Gasteiger partial charge < -0.3 is 70.4 Å². The normalized spacial score (nSPS) is 19.4. The van der Waals surface area contributed by atoms with E-state index in [9.17, 15) is 38.0 Å². The Balaban J connectivity index is 0.997. The molecule has 16 nitrogen and oxygen atoms in total. The number of ether oxygens (including phenoxy) is 4. The van der Waals surface area contributed by atoms with Crippen LogP contribution in [0.3, 0.4) is 0 Å². The highest BCUT2D eigenvalue weighted by Crippen LogP contribution is 2.44. The smallest absolute Gasteiger partial charge is 0.418 e. The molecule has 4 fully saturated rings. The van der Waals surface area contributed by atoms with Gasteiger partial charge in [0, 0.05) is 99.3 Å². The van der Waals surface area contributed by atoms with Crippen LogP contribution >= 0.6 is 0 Å². The van der Waals surface area contributed by atoms with E-state index in [1.165, 1.54) is 48.5 Å². The zero-order valence-electron chi connectivity index (χ0n) is 49.3. The van der Waals surface area contributed by atoms with Gasteiger partial charge in [-0.3, -0.25) is 0 Å². The van der Waals surface area contributed by atoms with E-state index in [1.54, 1.807) is 97.1 Å². The van der Waals surface area contributed by atoms with Gasteiger partial charge in [0.1, 0.15) is 34.8 Å². The second kappa shape index (κ2) is 28.6. The van der Waals surface area contributed by atoms with Crippen molar-refractivity contribution < 1.29 is 66.5 Å². The minimum atomic E-state index is -2.27. The van der Waals surface area contributed by atoms with Gasteiger partial charge in [0.05, 0.1) is 37.6 Å². The molecule has 0 radical (unpaired) electrons. The summed E-state index contributed by atoms with van der Waals surface area (Å²) in [5, 5.41) is 52.8. The highest BCUT2D eigenvalue weighted by molar-refractivity contribution is 6.30. The summed E-state index contributed by atoms with van der Waals surface area (Å²) in [5.41, 5.74) is 11.5. The monoisotopic (exact) mass is 1220 g/mol. The number of aliphatic hydroxyl groups excluding tert-OH is 4. The van der Waals surface area contributed by atoms with Crippen LogP contribution < -0.4 is 40.5 Å². The number of carbonyl (C=O) groups excluding carboxylic acids is 2. The highest BCUT2D eigenvalue weighted by atomic mass is 19.1. The molecule has 0 aliphatic carbocycles. The minimum Gasteiger partial charge on any atom is -0.493 e. The number of hydrogen-bond donors (Lipinski definition) is 6. The molecular formula is C68H80F4N6O10. The van der Waals surface area contributed by atoms with E-state index in [1.807, 2.05) is 19.6 Å². The molecule has 4 heterocycles. The molecule has 470 valence electrons. The number of esters is 2. The van der Waals surface area contributed by atoms with Crippen LogP contribution in [-0.4, -0.2) is 134 Å². The van der Waals surface area contributed by atoms with Crippen LogP contribution in [0.4, 0.5) is 51.7 Å². The molecule has 4 atom stereocenters. The number of nitrogens with zero attached hydrogens (tertiary/aromatic N) is 4. The van der Waals surface area contributed by atoms with Crippen molar-refractivity contribution in [3.05, 3.63) is 169 Å². The van der Waals surface area contributed by atoms with Gasteiger partial charge in [0.2, 0.25) is 0 Å². The summed E-state index contributed by atoms with van der Waals surface area (Å²) in [6.07, 6.45) is -4.59. The first-order valence-corrected chi connectivity index (χ1v) is 30.6. The number of hydrogen-bond acceptors (Lipinski definition) is 16. The number of nitrogens with two attached hydrogens (primary N) is 2. The lowest BCUT2D eigenvalue weighted by Crippen LogP contribution is -2.64. The molecule has 4 aliphatic heterocycles. The third-order valence-corrected chi connectivity index (χ3v) is 18.7. The topological polar surface area (TPSA) is 217 Å². The van der Waals surface area contributed by atoms with E-state index in [4.69, 9.17) is 30.4 Å². The van der Waals surface area contributed by atoms with Gasteiger partial charge in [-0.1, -0.05) is 0 Å². The Bertz CT molecular complexity index is 2820. The number of anilines is 6. The van der Waals surface area contributed by atoms with Crippen LogP contribution in [-0.2, 0) is 19.1 Å². The molecule has 0 saturated carbocycles. The maximum absolute atomic E-state index is 15.5. The largest absolute Gasteiger partial charge is 0.493 e. The predicted molar refractivity (Wildman–Crippen MR) is 329 cm³/mol. The van der Waals surface area contributed by atoms with Gasteiger partial charge >= 0.3 is 11.9 Å². The minimum absolute atomic E-state index is 0.236. The third-order valence-electron chi connectivity index (χ3n) is 18.7. The van der Waals surface area contributed by atoms with E-state index in [2.05, 4.69) is 0 Å². The molecule has 10 rings (SSSR count). The van der Waals surface area contributed by atoms with Gasteiger partial charge in [0.15, 0.2) is 11.2 Å². The summed E-state index contributed by atoms with van der Waals surface area (Å²) in [7, 11) is 0. The van der Waals surface area contributed by atoms with Gasteiger partial charge in [-0.05, 0) is 221 Å². The average Bonchev–Trinajstić information content (AvgIpc) is 2.15. The lowest BCUT2D eigenvalue weighted by molar-refractivity contribution is -0.237. The van der Waals surface area contributed by atoms with E-state index in [0.717, 1.165) is 22.7 Å².